The van der Waals surface area contributed by atoms with Crippen molar-refractivity contribution in [2.24, 2.45) is 5.84 Å². The molecule has 0 aliphatic heterocycles. The molecule has 0 unspecified atom stereocenters. The number of carbonyl (C=O) groups excluding carboxylic acids is 1. The summed E-state index contributed by atoms with van der Waals surface area (Å²) in [7, 11) is 1.98. The lowest BCUT2D eigenvalue weighted by Gasteiger charge is -2.14. The Labute approximate surface area is 117 Å². The highest BCUT2D eigenvalue weighted by Gasteiger charge is 2.15. The number of pyridine rings is 1. The fourth-order valence-electron chi connectivity index (χ4n) is 2.04. The van der Waals surface area contributed by atoms with E-state index in [0.717, 1.165) is 23.4 Å². The van der Waals surface area contributed by atoms with Gasteiger partial charge in [-0.15, -0.1) is 0 Å². The molecule has 0 saturated heterocycles. The van der Waals surface area contributed by atoms with Gasteiger partial charge < -0.3 is 4.42 Å². The van der Waals surface area contributed by atoms with Crippen molar-refractivity contribution in [2.45, 2.75) is 20.0 Å². The zero-order chi connectivity index (χ0) is 14.5. The maximum Gasteiger partial charge on any atom is 0.301 e. The molecule has 0 atom stereocenters. The number of amides is 1. The van der Waals surface area contributed by atoms with Crippen molar-refractivity contribution >= 4 is 5.91 Å². The number of hydrazine groups is 1. The van der Waals surface area contributed by atoms with Crippen LogP contribution in [0.25, 0.3) is 0 Å². The van der Waals surface area contributed by atoms with Gasteiger partial charge in [-0.1, -0.05) is 6.07 Å². The topological polar surface area (TPSA) is 84.4 Å². The summed E-state index contributed by atoms with van der Waals surface area (Å²) < 4.78 is 5.53. The summed E-state index contributed by atoms with van der Waals surface area (Å²) in [6.07, 6.45) is 3.58. The number of carbonyl (C=O) groups is 1. The molecule has 0 saturated carbocycles. The van der Waals surface area contributed by atoms with Gasteiger partial charge in [0.05, 0.1) is 6.54 Å². The molecular weight excluding hydrogens is 256 g/mol. The average molecular weight is 274 g/mol. The van der Waals surface area contributed by atoms with Gasteiger partial charge in [-0.25, -0.2) is 5.84 Å². The van der Waals surface area contributed by atoms with Crippen molar-refractivity contribution in [3.63, 3.8) is 0 Å². The largest absolute Gasteiger partial charge is 0.454 e. The van der Waals surface area contributed by atoms with Crippen LogP contribution in [0.5, 0.6) is 0 Å². The van der Waals surface area contributed by atoms with Gasteiger partial charge in [-0.3, -0.25) is 20.1 Å². The number of hydrogen-bond donors (Lipinski definition) is 2. The van der Waals surface area contributed by atoms with Crippen LogP contribution >= 0.6 is 0 Å². The minimum atomic E-state index is -0.413. The van der Waals surface area contributed by atoms with Gasteiger partial charge in [0.2, 0.25) is 0 Å². The lowest BCUT2D eigenvalue weighted by Crippen LogP contribution is -2.30. The van der Waals surface area contributed by atoms with E-state index in [9.17, 15) is 4.79 Å². The number of aryl methyl sites for hydroxylation is 1. The molecule has 20 heavy (non-hydrogen) atoms. The smallest absolute Gasteiger partial charge is 0.301 e. The van der Waals surface area contributed by atoms with Crippen LogP contribution < -0.4 is 11.3 Å². The third-order valence-electron chi connectivity index (χ3n) is 2.91. The molecule has 2 rings (SSSR count). The zero-order valence-corrected chi connectivity index (χ0v) is 11.6. The molecule has 3 N–H and O–H groups in total. The van der Waals surface area contributed by atoms with Crippen molar-refractivity contribution in [2.75, 3.05) is 7.05 Å². The van der Waals surface area contributed by atoms with Crippen molar-refractivity contribution < 1.29 is 9.21 Å². The number of nitrogens with zero attached hydrogens (tertiary/aromatic N) is 2. The van der Waals surface area contributed by atoms with Crippen LogP contribution in [0.15, 0.2) is 35.0 Å². The van der Waals surface area contributed by atoms with Gasteiger partial charge in [-0.2, -0.15) is 0 Å². The van der Waals surface area contributed by atoms with E-state index in [0.29, 0.717) is 6.54 Å². The van der Waals surface area contributed by atoms with E-state index in [1.807, 2.05) is 38.4 Å². The van der Waals surface area contributed by atoms with E-state index in [2.05, 4.69) is 15.3 Å². The Morgan fingerprint density at radius 1 is 1.50 bits per heavy atom. The van der Waals surface area contributed by atoms with Crippen LogP contribution in [0.2, 0.25) is 0 Å². The van der Waals surface area contributed by atoms with Crippen molar-refractivity contribution in [3.05, 3.63) is 53.2 Å². The molecule has 2 heterocycles. The summed E-state index contributed by atoms with van der Waals surface area (Å²) in [5.41, 5.74) is 3.97. The molecule has 6 heteroatoms. The molecule has 106 valence electrons. The maximum absolute atomic E-state index is 11.5. The number of aromatic nitrogens is 1. The molecule has 0 spiro atoms. The van der Waals surface area contributed by atoms with E-state index >= 15 is 0 Å². The lowest BCUT2D eigenvalue weighted by molar-refractivity contribution is 0.0921. The monoisotopic (exact) mass is 274 g/mol. The van der Waals surface area contributed by atoms with Crippen LogP contribution in [0, 0.1) is 6.92 Å². The van der Waals surface area contributed by atoms with Gasteiger partial charge in [0.25, 0.3) is 0 Å². The Balaban J connectivity index is 2.01. The molecule has 0 radical (unpaired) electrons. The molecule has 2 aromatic rings. The number of hydrogen-bond acceptors (Lipinski definition) is 5. The van der Waals surface area contributed by atoms with Crippen molar-refractivity contribution in [1.29, 1.82) is 0 Å². The number of nitrogens with one attached hydrogen (secondary N) is 1. The summed E-state index contributed by atoms with van der Waals surface area (Å²) in [6, 6.07) is 5.78. The van der Waals surface area contributed by atoms with Crippen LogP contribution in [-0.2, 0) is 13.1 Å². The predicted octanol–water partition coefficient (Wildman–Crippen LogP) is 1.22. The Morgan fingerprint density at radius 3 is 2.95 bits per heavy atom. The summed E-state index contributed by atoms with van der Waals surface area (Å²) in [6.45, 7) is 3.18. The van der Waals surface area contributed by atoms with Gasteiger partial charge in [-0.05, 0) is 31.7 Å². The highest BCUT2D eigenvalue weighted by Crippen LogP contribution is 2.16. The van der Waals surface area contributed by atoms with E-state index in [4.69, 9.17) is 10.3 Å². The number of nitrogens with two attached hydrogens (primary N) is 1. The first-order valence-electron chi connectivity index (χ1n) is 6.28. The minimum Gasteiger partial charge on any atom is -0.454 e. The SMILES string of the molecule is Cc1cc(CN(C)Cc2cccnc2)oc1C(=O)NN. The number of nitrogen functional groups attached to an aromatic ring is 1. The maximum atomic E-state index is 11.5. The Bertz CT molecular complexity index is 580. The standard InChI is InChI=1S/C14H18N4O2/c1-10-6-12(20-13(10)14(19)17-15)9-18(2)8-11-4-3-5-16-7-11/h3-7H,8-9,15H2,1-2H3,(H,17,19). The van der Waals surface area contributed by atoms with Gasteiger partial charge >= 0.3 is 5.91 Å². The fourth-order valence-corrected chi connectivity index (χ4v) is 2.04. The van der Waals surface area contributed by atoms with Crippen LogP contribution in [-0.4, -0.2) is 22.8 Å². The molecule has 6 nitrogen and oxygen atoms in total. The first-order valence-corrected chi connectivity index (χ1v) is 6.28. The second kappa shape index (κ2) is 6.31. The summed E-state index contributed by atoms with van der Waals surface area (Å²) in [5.74, 6) is 5.69. The first kappa shape index (κ1) is 14.2. The van der Waals surface area contributed by atoms with Gasteiger partial charge in [0.1, 0.15) is 5.76 Å². The second-order valence-corrected chi connectivity index (χ2v) is 4.73. The molecule has 2 aromatic heterocycles. The number of furan rings is 1. The van der Waals surface area contributed by atoms with E-state index in [-0.39, 0.29) is 5.76 Å². The van der Waals surface area contributed by atoms with Gasteiger partial charge in [0, 0.05) is 24.5 Å². The van der Waals surface area contributed by atoms with Crippen molar-refractivity contribution in [3.8, 4) is 0 Å². The predicted molar refractivity (Wildman–Crippen MR) is 74.5 cm³/mol. The third-order valence-corrected chi connectivity index (χ3v) is 2.91. The first-order chi connectivity index (χ1) is 9.60. The Hall–Kier alpha value is -2.18. The average Bonchev–Trinajstić information content (AvgIpc) is 2.79. The number of rotatable bonds is 5. The van der Waals surface area contributed by atoms with E-state index in [1.54, 1.807) is 6.20 Å². The Kier molecular flexibility index (Phi) is 4.49. The molecule has 0 aromatic carbocycles. The zero-order valence-electron chi connectivity index (χ0n) is 11.6. The Morgan fingerprint density at radius 2 is 2.30 bits per heavy atom. The molecular formula is C14H18N4O2. The van der Waals surface area contributed by atoms with Crippen LogP contribution in [0.1, 0.15) is 27.4 Å². The highest BCUT2D eigenvalue weighted by molar-refractivity contribution is 5.92. The molecule has 0 aliphatic carbocycles. The fraction of sp³-hybridized carbons (Fsp3) is 0.286. The normalized spacial score (nSPS) is 10.8. The quantitative estimate of drug-likeness (QED) is 0.486. The third kappa shape index (κ3) is 3.43. The van der Waals surface area contributed by atoms with E-state index in [1.165, 1.54) is 0 Å². The van der Waals surface area contributed by atoms with Crippen LogP contribution in [0.4, 0.5) is 0 Å². The van der Waals surface area contributed by atoms with E-state index < -0.39 is 5.91 Å². The summed E-state index contributed by atoms with van der Waals surface area (Å²) >= 11 is 0. The molecule has 0 bridgehead atoms. The molecule has 1 amide bonds. The molecule has 0 fully saturated rings. The van der Waals surface area contributed by atoms with Crippen molar-refractivity contribution in [1.82, 2.24) is 15.3 Å². The highest BCUT2D eigenvalue weighted by atomic mass is 16.4. The van der Waals surface area contributed by atoms with Crippen LogP contribution in [0.3, 0.4) is 0 Å². The lowest BCUT2D eigenvalue weighted by atomic mass is 10.2. The second-order valence-electron chi connectivity index (χ2n) is 4.73. The summed E-state index contributed by atoms with van der Waals surface area (Å²) in [5, 5.41) is 0. The van der Waals surface area contributed by atoms with Gasteiger partial charge in [0.15, 0.2) is 5.76 Å². The summed E-state index contributed by atoms with van der Waals surface area (Å²) in [4.78, 5) is 17.6. The molecule has 0 aliphatic rings. The minimum absolute atomic E-state index is 0.261.